The molecule has 2 heterocycles. The summed E-state index contributed by atoms with van der Waals surface area (Å²) in [7, 11) is 0. The second-order valence-electron chi connectivity index (χ2n) is 7.99. The smallest absolute Gasteiger partial charge is 0.270 e. The number of anilines is 1. The molecule has 1 fully saturated rings. The van der Waals surface area contributed by atoms with E-state index in [1.165, 1.54) is 22.9 Å². The molecule has 1 amide bonds. The van der Waals surface area contributed by atoms with Crippen molar-refractivity contribution in [1.82, 2.24) is 0 Å². The van der Waals surface area contributed by atoms with Crippen molar-refractivity contribution in [1.29, 1.82) is 0 Å². The molecule has 1 aliphatic carbocycles. The van der Waals surface area contributed by atoms with E-state index in [2.05, 4.69) is 0 Å². The first-order valence-corrected chi connectivity index (χ1v) is 12.0. The average Bonchev–Trinajstić information content (AvgIpc) is 3.46. The zero-order valence-corrected chi connectivity index (χ0v) is 19.7. The number of ketones is 2. The zero-order valence-electron chi connectivity index (χ0n) is 18.1. The first-order chi connectivity index (χ1) is 17.0. The van der Waals surface area contributed by atoms with Crippen LogP contribution < -0.4 is 4.90 Å². The Morgan fingerprint density at radius 1 is 0.743 bits per heavy atom. The third-order valence-electron chi connectivity index (χ3n) is 5.99. The Balaban J connectivity index is 1.43. The summed E-state index contributed by atoms with van der Waals surface area (Å²) in [5.74, 6) is -0.251. The van der Waals surface area contributed by atoms with Crippen LogP contribution in [0.5, 0.6) is 0 Å². The molecule has 0 atom stereocenters. The van der Waals surface area contributed by atoms with Crippen molar-refractivity contribution in [3.8, 4) is 11.3 Å². The third-order valence-corrected chi connectivity index (χ3v) is 7.29. The minimum Gasteiger partial charge on any atom is -0.464 e. The zero-order chi connectivity index (χ0) is 24.1. The predicted octanol–water partition coefficient (Wildman–Crippen LogP) is 6.13. The highest BCUT2D eigenvalue weighted by Gasteiger charge is 2.35. The number of hydrogen-bond acceptors (Lipinski definition) is 6. The van der Waals surface area contributed by atoms with Gasteiger partial charge in [0, 0.05) is 33.4 Å². The lowest BCUT2D eigenvalue weighted by Gasteiger charge is -2.19. The van der Waals surface area contributed by atoms with Crippen LogP contribution >= 0.6 is 24.0 Å². The van der Waals surface area contributed by atoms with Gasteiger partial charge in [0.2, 0.25) is 0 Å². The molecular formula is C28H15NO4S2. The molecule has 5 nitrogen and oxygen atoms in total. The van der Waals surface area contributed by atoms with E-state index in [4.69, 9.17) is 16.6 Å². The van der Waals surface area contributed by atoms with E-state index in [1.54, 1.807) is 54.6 Å². The molecule has 0 bridgehead atoms. The highest BCUT2D eigenvalue weighted by molar-refractivity contribution is 8.27. The van der Waals surface area contributed by atoms with Gasteiger partial charge in [0.05, 0.1) is 16.9 Å². The van der Waals surface area contributed by atoms with Crippen LogP contribution in [0.25, 0.3) is 17.4 Å². The Morgan fingerprint density at radius 3 is 2.17 bits per heavy atom. The highest BCUT2D eigenvalue weighted by atomic mass is 32.2. The Morgan fingerprint density at radius 2 is 1.40 bits per heavy atom. The lowest BCUT2D eigenvalue weighted by atomic mass is 9.81. The van der Waals surface area contributed by atoms with Gasteiger partial charge in [-0.1, -0.05) is 84.6 Å². The summed E-state index contributed by atoms with van der Waals surface area (Å²) < 4.78 is 6.23. The number of amides is 1. The number of hydrogen-bond donors (Lipinski definition) is 0. The highest BCUT2D eigenvalue weighted by Crippen LogP contribution is 2.40. The minimum absolute atomic E-state index is 0.200. The monoisotopic (exact) mass is 493 g/mol. The summed E-state index contributed by atoms with van der Waals surface area (Å²) in [4.78, 5) is 41.7. The number of rotatable bonds is 3. The lowest BCUT2D eigenvalue weighted by molar-refractivity contribution is -0.113. The molecule has 35 heavy (non-hydrogen) atoms. The summed E-state index contributed by atoms with van der Waals surface area (Å²) in [5.41, 5.74) is 3.23. The van der Waals surface area contributed by atoms with E-state index in [0.29, 0.717) is 54.1 Å². The molecule has 0 saturated carbocycles. The molecule has 1 aromatic heterocycles. The van der Waals surface area contributed by atoms with Crippen molar-refractivity contribution in [3.63, 3.8) is 0 Å². The van der Waals surface area contributed by atoms with Gasteiger partial charge < -0.3 is 4.42 Å². The maximum absolute atomic E-state index is 13.4. The standard InChI is InChI=1S/C28H15NO4S2/c30-24-18-9-4-5-10-19(18)25(31)23-20(24)11-6-12-21(23)26-16(13-14-33-26)15-22-27(32)29(28(34)35-22)17-7-2-1-3-8-17/h1-15H/b22-15-. The van der Waals surface area contributed by atoms with Crippen LogP contribution in [0.15, 0.2) is 94.4 Å². The van der Waals surface area contributed by atoms with E-state index >= 15 is 0 Å². The van der Waals surface area contributed by atoms with Gasteiger partial charge in [-0.2, -0.15) is 0 Å². The maximum atomic E-state index is 13.4. The van der Waals surface area contributed by atoms with Crippen LogP contribution in [0, 0.1) is 0 Å². The van der Waals surface area contributed by atoms with Crippen LogP contribution in [0.1, 0.15) is 37.4 Å². The minimum atomic E-state index is -0.233. The molecule has 0 radical (unpaired) electrons. The van der Waals surface area contributed by atoms with E-state index in [1.807, 2.05) is 30.3 Å². The summed E-state index contributed by atoms with van der Waals surface area (Å²) in [6.45, 7) is 0. The van der Waals surface area contributed by atoms with Crippen molar-refractivity contribution >= 4 is 57.5 Å². The summed E-state index contributed by atoms with van der Waals surface area (Å²) in [6.07, 6.45) is 3.21. The molecule has 3 aromatic carbocycles. The number of carbonyl (C=O) groups excluding carboxylic acids is 3. The molecule has 168 valence electrons. The van der Waals surface area contributed by atoms with Gasteiger partial charge in [-0.15, -0.1) is 0 Å². The Labute approximate surface area is 210 Å². The number of benzene rings is 3. The van der Waals surface area contributed by atoms with E-state index in [-0.39, 0.29) is 17.5 Å². The fraction of sp³-hybridized carbons (Fsp3) is 0. The van der Waals surface area contributed by atoms with E-state index in [0.717, 1.165) is 0 Å². The first kappa shape index (κ1) is 21.5. The van der Waals surface area contributed by atoms with Crippen molar-refractivity contribution in [2.75, 3.05) is 4.90 Å². The fourth-order valence-electron chi connectivity index (χ4n) is 4.39. The Kier molecular flexibility index (Phi) is 5.09. The maximum Gasteiger partial charge on any atom is 0.270 e. The number of fused-ring (bicyclic) bond motifs is 2. The van der Waals surface area contributed by atoms with Crippen LogP contribution in [0.4, 0.5) is 5.69 Å². The van der Waals surface area contributed by atoms with Gasteiger partial charge in [-0.05, 0) is 24.3 Å². The fourth-order valence-corrected chi connectivity index (χ4v) is 5.68. The summed E-state index contributed by atoms with van der Waals surface area (Å²) in [5, 5.41) is 0. The first-order valence-electron chi connectivity index (χ1n) is 10.8. The van der Waals surface area contributed by atoms with Gasteiger partial charge in [0.1, 0.15) is 5.76 Å². The third kappa shape index (κ3) is 3.39. The van der Waals surface area contributed by atoms with Crippen molar-refractivity contribution in [2.24, 2.45) is 0 Å². The molecule has 7 heteroatoms. The van der Waals surface area contributed by atoms with Gasteiger partial charge >= 0.3 is 0 Å². The largest absolute Gasteiger partial charge is 0.464 e. The van der Waals surface area contributed by atoms with Crippen LogP contribution in [0.2, 0.25) is 0 Å². The molecule has 0 unspecified atom stereocenters. The second-order valence-corrected chi connectivity index (χ2v) is 9.67. The normalized spacial score (nSPS) is 16.1. The molecule has 6 rings (SSSR count). The molecular weight excluding hydrogens is 478 g/mol. The molecule has 1 aliphatic heterocycles. The SMILES string of the molecule is O=C1c2ccccc2C(=O)c2c1cccc2-c1occc1/C=C1\SC(=S)N(c2ccccc2)C1=O. The number of para-hydroxylation sites is 1. The second kappa shape index (κ2) is 8.30. The Hall–Kier alpha value is -4.07. The van der Waals surface area contributed by atoms with Crippen molar-refractivity contribution in [2.45, 2.75) is 0 Å². The van der Waals surface area contributed by atoms with Crippen molar-refractivity contribution < 1.29 is 18.8 Å². The molecule has 0 spiro atoms. The topological polar surface area (TPSA) is 67.6 Å². The molecule has 0 N–H and O–H groups in total. The summed E-state index contributed by atoms with van der Waals surface area (Å²) >= 11 is 6.67. The molecule has 1 saturated heterocycles. The van der Waals surface area contributed by atoms with Gasteiger partial charge in [0.25, 0.3) is 5.91 Å². The summed E-state index contributed by atoms with van der Waals surface area (Å²) in [6, 6.07) is 22.9. The van der Waals surface area contributed by atoms with Gasteiger partial charge in [-0.25, -0.2) is 0 Å². The van der Waals surface area contributed by atoms with E-state index in [9.17, 15) is 14.4 Å². The number of thioether (sulfide) groups is 1. The van der Waals surface area contributed by atoms with Crippen molar-refractivity contribution in [3.05, 3.63) is 118 Å². The predicted molar refractivity (Wildman–Crippen MR) is 140 cm³/mol. The van der Waals surface area contributed by atoms with Crippen LogP contribution in [-0.2, 0) is 4.79 Å². The number of carbonyl (C=O) groups is 3. The van der Waals surface area contributed by atoms with Gasteiger partial charge in [-0.3, -0.25) is 19.3 Å². The molecule has 2 aliphatic rings. The number of furan rings is 1. The van der Waals surface area contributed by atoms with Crippen LogP contribution in [0.3, 0.4) is 0 Å². The van der Waals surface area contributed by atoms with E-state index < -0.39 is 0 Å². The Bertz CT molecular complexity index is 1600. The quantitative estimate of drug-likeness (QED) is 0.223. The lowest BCUT2D eigenvalue weighted by Crippen LogP contribution is -2.27. The number of nitrogens with zero attached hydrogens (tertiary/aromatic N) is 1. The average molecular weight is 494 g/mol. The van der Waals surface area contributed by atoms with Gasteiger partial charge in [0.15, 0.2) is 15.9 Å². The molecule has 4 aromatic rings. The van der Waals surface area contributed by atoms with Crippen LogP contribution in [-0.4, -0.2) is 21.8 Å². The number of thiocarbonyl (C=S) groups is 1.